The third-order valence-electron chi connectivity index (χ3n) is 2.25. The van der Waals surface area contributed by atoms with Gasteiger partial charge in [0.1, 0.15) is 6.10 Å². The molecular formula is C11H15NO2. The molecule has 0 spiro atoms. The normalized spacial score (nSPS) is 12.5. The third kappa shape index (κ3) is 2.17. The van der Waals surface area contributed by atoms with Crippen molar-refractivity contribution < 1.29 is 9.53 Å². The van der Waals surface area contributed by atoms with Gasteiger partial charge < -0.3 is 4.74 Å². The summed E-state index contributed by atoms with van der Waals surface area (Å²) in [6.07, 6.45) is 3.61. The molecule has 0 saturated heterocycles. The van der Waals surface area contributed by atoms with E-state index >= 15 is 0 Å². The maximum absolute atomic E-state index is 11.9. The minimum absolute atomic E-state index is 0.0144. The van der Waals surface area contributed by atoms with Crippen LogP contribution in [0.2, 0.25) is 0 Å². The monoisotopic (exact) mass is 193 g/mol. The lowest BCUT2D eigenvalue weighted by atomic mass is 10.0. The first-order valence-electron chi connectivity index (χ1n) is 4.68. The molecule has 1 atom stereocenters. The highest BCUT2D eigenvalue weighted by atomic mass is 16.5. The highest BCUT2D eigenvalue weighted by molar-refractivity contribution is 6.00. The minimum Gasteiger partial charge on any atom is -0.373 e. The molecule has 0 amide bonds. The van der Waals surface area contributed by atoms with Crippen LogP contribution in [0.1, 0.15) is 29.3 Å². The lowest BCUT2D eigenvalue weighted by Gasteiger charge is -2.12. The Kier molecular flexibility index (Phi) is 3.77. The minimum atomic E-state index is -0.349. The van der Waals surface area contributed by atoms with Crippen molar-refractivity contribution in [3.8, 4) is 0 Å². The van der Waals surface area contributed by atoms with Crippen molar-refractivity contribution in [3.63, 3.8) is 0 Å². The van der Waals surface area contributed by atoms with Gasteiger partial charge in [-0.15, -0.1) is 0 Å². The van der Waals surface area contributed by atoms with Crippen LogP contribution < -0.4 is 0 Å². The summed E-state index contributed by atoms with van der Waals surface area (Å²) in [6, 6.07) is 1.83. The Balaban J connectivity index is 2.94. The predicted molar refractivity (Wildman–Crippen MR) is 54.4 cm³/mol. The first-order chi connectivity index (χ1) is 6.70. The van der Waals surface area contributed by atoms with Gasteiger partial charge in [-0.05, 0) is 25.0 Å². The molecule has 0 aliphatic rings. The van der Waals surface area contributed by atoms with E-state index in [1.54, 1.807) is 19.5 Å². The molecule has 1 rings (SSSR count). The van der Waals surface area contributed by atoms with Gasteiger partial charge in [0.05, 0.1) is 0 Å². The number of hydrogen-bond acceptors (Lipinski definition) is 3. The van der Waals surface area contributed by atoms with Crippen LogP contribution in [0, 0.1) is 6.92 Å². The molecule has 0 N–H and O–H groups in total. The van der Waals surface area contributed by atoms with Crippen molar-refractivity contribution in [3.05, 3.63) is 29.6 Å². The van der Waals surface area contributed by atoms with E-state index in [2.05, 4.69) is 4.98 Å². The molecule has 0 aliphatic heterocycles. The molecule has 0 aliphatic carbocycles. The fourth-order valence-corrected chi connectivity index (χ4v) is 1.35. The van der Waals surface area contributed by atoms with Gasteiger partial charge in [0.15, 0.2) is 5.78 Å². The van der Waals surface area contributed by atoms with E-state index < -0.39 is 0 Å². The lowest BCUT2D eigenvalue weighted by molar-refractivity contribution is 0.0594. The largest absolute Gasteiger partial charge is 0.373 e. The topological polar surface area (TPSA) is 39.2 Å². The summed E-state index contributed by atoms with van der Waals surface area (Å²) in [4.78, 5) is 15.8. The number of aromatic nitrogens is 1. The summed E-state index contributed by atoms with van der Waals surface area (Å²) in [6.45, 7) is 3.83. The Morgan fingerprint density at radius 1 is 1.64 bits per heavy atom. The number of hydrogen-bond donors (Lipinski definition) is 0. The first-order valence-corrected chi connectivity index (χ1v) is 4.68. The number of methoxy groups -OCH3 is 1. The summed E-state index contributed by atoms with van der Waals surface area (Å²) < 4.78 is 5.09. The highest BCUT2D eigenvalue weighted by Crippen LogP contribution is 2.11. The summed E-state index contributed by atoms with van der Waals surface area (Å²) in [7, 11) is 1.55. The molecule has 1 aromatic rings. The average molecular weight is 193 g/mol. The van der Waals surface area contributed by atoms with E-state index in [1.807, 2.05) is 19.9 Å². The Morgan fingerprint density at radius 3 is 2.86 bits per heavy atom. The predicted octanol–water partition coefficient (Wildman–Crippen LogP) is 2.00. The zero-order valence-corrected chi connectivity index (χ0v) is 8.78. The summed E-state index contributed by atoms with van der Waals surface area (Å²) in [5.74, 6) is 0.0144. The number of ketones is 1. The smallest absolute Gasteiger partial charge is 0.193 e. The zero-order chi connectivity index (χ0) is 10.6. The molecule has 3 heteroatoms. The lowest BCUT2D eigenvalue weighted by Crippen LogP contribution is -2.23. The summed E-state index contributed by atoms with van der Waals surface area (Å²) in [5.41, 5.74) is 1.60. The zero-order valence-electron chi connectivity index (χ0n) is 8.78. The SMILES string of the molecule is CCC(OC)C(=O)c1cnccc1C. The maximum atomic E-state index is 11.9. The number of rotatable bonds is 4. The van der Waals surface area contributed by atoms with Gasteiger partial charge in [-0.25, -0.2) is 0 Å². The standard InChI is InChI=1S/C11H15NO2/c1-4-10(14-3)11(13)9-7-12-6-5-8(9)2/h5-7,10H,4H2,1-3H3. The number of nitrogens with zero attached hydrogens (tertiary/aromatic N) is 1. The molecule has 0 aromatic carbocycles. The van der Waals surface area contributed by atoms with Crippen LogP contribution in [0.15, 0.2) is 18.5 Å². The van der Waals surface area contributed by atoms with Crippen molar-refractivity contribution in [2.75, 3.05) is 7.11 Å². The second kappa shape index (κ2) is 4.86. The van der Waals surface area contributed by atoms with Crippen molar-refractivity contribution in [1.29, 1.82) is 0 Å². The Morgan fingerprint density at radius 2 is 2.36 bits per heavy atom. The second-order valence-corrected chi connectivity index (χ2v) is 3.19. The van der Waals surface area contributed by atoms with E-state index in [0.29, 0.717) is 12.0 Å². The van der Waals surface area contributed by atoms with Crippen molar-refractivity contribution >= 4 is 5.78 Å². The third-order valence-corrected chi connectivity index (χ3v) is 2.25. The van der Waals surface area contributed by atoms with E-state index in [1.165, 1.54) is 0 Å². The Labute approximate surface area is 84.1 Å². The molecule has 3 nitrogen and oxygen atoms in total. The molecule has 1 unspecified atom stereocenters. The van der Waals surface area contributed by atoms with Crippen LogP contribution in [0.5, 0.6) is 0 Å². The van der Waals surface area contributed by atoms with Gasteiger partial charge in [0.2, 0.25) is 0 Å². The number of carbonyl (C=O) groups is 1. The number of pyridine rings is 1. The highest BCUT2D eigenvalue weighted by Gasteiger charge is 2.18. The molecular weight excluding hydrogens is 178 g/mol. The van der Waals surface area contributed by atoms with Gasteiger partial charge >= 0.3 is 0 Å². The summed E-state index contributed by atoms with van der Waals surface area (Å²) in [5, 5.41) is 0. The number of ether oxygens (including phenoxy) is 1. The molecule has 14 heavy (non-hydrogen) atoms. The van der Waals surface area contributed by atoms with Gasteiger partial charge in [-0.1, -0.05) is 6.92 Å². The number of aryl methyl sites for hydroxylation is 1. The van der Waals surface area contributed by atoms with Crippen LogP contribution >= 0.6 is 0 Å². The van der Waals surface area contributed by atoms with Crippen molar-refractivity contribution in [1.82, 2.24) is 4.98 Å². The van der Waals surface area contributed by atoms with Gasteiger partial charge in [-0.3, -0.25) is 9.78 Å². The summed E-state index contributed by atoms with van der Waals surface area (Å²) >= 11 is 0. The molecule has 0 radical (unpaired) electrons. The van der Waals surface area contributed by atoms with Crippen LogP contribution in [0.3, 0.4) is 0 Å². The maximum Gasteiger partial charge on any atom is 0.193 e. The Bertz CT molecular complexity index is 319. The van der Waals surface area contributed by atoms with Crippen LogP contribution in [0.25, 0.3) is 0 Å². The quantitative estimate of drug-likeness (QED) is 0.686. The fraction of sp³-hybridized carbons (Fsp3) is 0.455. The van der Waals surface area contributed by atoms with Crippen LogP contribution in [-0.4, -0.2) is 24.0 Å². The van der Waals surface area contributed by atoms with E-state index in [0.717, 1.165) is 5.56 Å². The van der Waals surface area contributed by atoms with Crippen molar-refractivity contribution in [2.45, 2.75) is 26.4 Å². The van der Waals surface area contributed by atoms with Crippen LogP contribution in [-0.2, 0) is 4.74 Å². The number of Topliss-reactive ketones (excluding diaryl/α,β-unsaturated/α-hetero) is 1. The molecule has 76 valence electrons. The molecule has 0 fully saturated rings. The van der Waals surface area contributed by atoms with Gasteiger partial charge in [0, 0.05) is 25.1 Å². The Hall–Kier alpha value is -1.22. The van der Waals surface area contributed by atoms with Crippen molar-refractivity contribution in [2.24, 2.45) is 0 Å². The average Bonchev–Trinajstić information content (AvgIpc) is 2.20. The fourth-order valence-electron chi connectivity index (χ4n) is 1.35. The van der Waals surface area contributed by atoms with E-state index in [-0.39, 0.29) is 11.9 Å². The van der Waals surface area contributed by atoms with Gasteiger partial charge in [0.25, 0.3) is 0 Å². The molecule has 1 heterocycles. The number of carbonyl (C=O) groups excluding carboxylic acids is 1. The molecule has 0 bridgehead atoms. The van der Waals surface area contributed by atoms with Gasteiger partial charge in [-0.2, -0.15) is 0 Å². The molecule has 0 saturated carbocycles. The second-order valence-electron chi connectivity index (χ2n) is 3.19. The van der Waals surface area contributed by atoms with Crippen LogP contribution in [0.4, 0.5) is 0 Å². The van der Waals surface area contributed by atoms with E-state index in [9.17, 15) is 4.79 Å². The van der Waals surface area contributed by atoms with E-state index in [4.69, 9.17) is 4.74 Å². The molecule has 1 aromatic heterocycles. The first kappa shape index (κ1) is 10.9.